The summed E-state index contributed by atoms with van der Waals surface area (Å²) in [6.45, 7) is 4.92. The molecule has 4 heterocycles. The summed E-state index contributed by atoms with van der Waals surface area (Å²) < 4.78 is 0. The Morgan fingerprint density at radius 2 is 1.63 bits per heavy atom. The van der Waals surface area contributed by atoms with Crippen LogP contribution in [0.25, 0.3) is 0 Å². The Balaban J connectivity index is 1.09. The Hall–Kier alpha value is -3.49. The molecule has 2 aromatic heterocycles. The van der Waals surface area contributed by atoms with E-state index >= 15 is 0 Å². The molecule has 4 amide bonds. The minimum Gasteiger partial charge on any atom is -0.353 e. The van der Waals surface area contributed by atoms with Gasteiger partial charge in [-0.05, 0) is 60.8 Å². The van der Waals surface area contributed by atoms with Crippen LogP contribution in [-0.4, -0.2) is 76.9 Å². The predicted octanol–water partition coefficient (Wildman–Crippen LogP) is 2.98. The molecule has 4 fully saturated rings. The van der Waals surface area contributed by atoms with Gasteiger partial charge in [0.2, 0.25) is 5.91 Å². The predicted molar refractivity (Wildman–Crippen MR) is 131 cm³/mol. The second-order valence-corrected chi connectivity index (χ2v) is 10.0. The van der Waals surface area contributed by atoms with Gasteiger partial charge in [0, 0.05) is 52.4 Å². The van der Waals surface area contributed by atoms with E-state index in [0.29, 0.717) is 49.4 Å². The summed E-state index contributed by atoms with van der Waals surface area (Å²) in [6.07, 6.45) is 8.66. The number of aromatic nitrogens is 2. The SMILES string of the molecule is CC(=O)N1CCN(c2ccc(C(=O)N3CCN(c4ncc(C5CC5)cc4C4CC4)CC3)nc2)C1=O. The van der Waals surface area contributed by atoms with Crippen molar-refractivity contribution in [2.24, 2.45) is 0 Å². The van der Waals surface area contributed by atoms with Gasteiger partial charge in [0.05, 0.1) is 11.9 Å². The van der Waals surface area contributed by atoms with E-state index in [1.165, 1.54) is 59.7 Å². The number of pyridine rings is 2. The first-order chi connectivity index (χ1) is 17.0. The number of nitrogens with zero attached hydrogens (tertiary/aromatic N) is 6. The zero-order valence-corrected chi connectivity index (χ0v) is 20.0. The zero-order valence-electron chi connectivity index (χ0n) is 20.0. The molecule has 0 spiro atoms. The number of rotatable bonds is 5. The van der Waals surface area contributed by atoms with Gasteiger partial charge >= 0.3 is 6.03 Å². The van der Waals surface area contributed by atoms with Gasteiger partial charge in [0.15, 0.2) is 0 Å². The number of urea groups is 1. The van der Waals surface area contributed by atoms with E-state index in [1.54, 1.807) is 12.1 Å². The maximum Gasteiger partial charge on any atom is 0.331 e. The molecule has 2 aliphatic heterocycles. The number of hydrogen-bond donors (Lipinski definition) is 0. The van der Waals surface area contributed by atoms with E-state index in [9.17, 15) is 14.4 Å². The van der Waals surface area contributed by atoms with E-state index < -0.39 is 0 Å². The monoisotopic (exact) mass is 474 g/mol. The smallest absolute Gasteiger partial charge is 0.331 e. The van der Waals surface area contributed by atoms with Gasteiger partial charge in [-0.3, -0.25) is 19.4 Å². The van der Waals surface area contributed by atoms with Crippen LogP contribution in [-0.2, 0) is 4.79 Å². The van der Waals surface area contributed by atoms with Crippen molar-refractivity contribution in [3.63, 3.8) is 0 Å². The van der Waals surface area contributed by atoms with Crippen LogP contribution < -0.4 is 9.80 Å². The third kappa shape index (κ3) is 4.24. The first kappa shape index (κ1) is 22.0. The molecule has 0 radical (unpaired) electrons. The van der Waals surface area contributed by atoms with Crippen molar-refractivity contribution >= 4 is 29.4 Å². The molecule has 9 heteroatoms. The van der Waals surface area contributed by atoms with Crippen LogP contribution in [0, 0.1) is 0 Å². The van der Waals surface area contributed by atoms with Crippen molar-refractivity contribution in [3.05, 3.63) is 47.4 Å². The molecule has 0 atom stereocenters. The molecule has 2 saturated heterocycles. The highest BCUT2D eigenvalue weighted by atomic mass is 16.2. The molecule has 35 heavy (non-hydrogen) atoms. The quantitative estimate of drug-likeness (QED) is 0.662. The number of carbonyl (C=O) groups excluding carboxylic acids is 3. The third-order valence-electron chi connectivity index (χ3n) is 7.52. The molecule has 0 unspecified atom stereocenters. The first-order valence-corrected chi connectivity index (χ1v) is 12.6. The Morgan fingerprint density at radius 3 is 2.23 bits per heavy atom. The summed E-state index contributed by atoms with van der Waals surface area (Å²) in [5, 5.41) is 0. The molecule has 2 aromatic rings. The molecule has 0 N–H and O–H groups in total. The van der Waals surface area contributed by atoms with E-state index in [-0.39, 0.29) is 17.8 Å². The van der Waals surface area contributed by atoms with Gasteiger partial charge in [0.25, 0.3) is 5.91 Å². The fraction of sp³-hybridized carbons (Fsp3) is 0.500. The number of carbonyl (C=O) groups is 3. The summed E-state index contributed by atoms with van der Waals surface area (Å²) in [6, 6.07) is 5.43. The van der Waals surface area contributed by atoms with Gasteiger partial charge in [0.1, 0.15) is 11.5 Å². The van der Waals surface area contributed by atoms with Gasteiger partial charge in [-0.15, -0.1) is 0 Å². The van der Waals surface area contributed by atoms with Gasteiger partial charge < -0.3 is 9.80 Å². The Kier molecular flexibility index (Phi) is 5.42. The van der Waals surface area contributed by atoms with Gasteiger partial charge in [-0.25, -0.2) is 14.8 Å². The van der Waals surface area contributed by atoms with Crippen LogP contribution in [0.3, 0.4) is 0 Å². The molecule has 2 saturated carbocycles. The molecular weight excluding hydrogens is 444 g/mol. The van der Waals surface area contributed by atoms with Gasteiger partial charge in [-0.2, -0.15) is 0 Å². The molecule has 182 valence electrons. The van der Waals surface area contributed by atoms with Crippen molar-refractivity contribution < 1.29 is 14.4 Å². The standard InChI is InChI=1S/C26H30N6O3/c1-17(33)31-12-13-32(26(31)35)21-6-7-23(27-16-21)25(34)30-10-8-29(9-11-30)24-22(19-4-5-19)14-20(15-28-24)18-2-3-18/h6-7,14-16,18-19H,2-5,8-13H2,1H3. The number of anilines is 2. The van der Waals surface area contributed by atoms with Crippen LogP contribution in [0.2, 0.25) is 0 Å². The summed E-state index contributed by atoms with van der Waals surface area (Å²) in [4.78, 5) is 53.2. The maximum atomic E-state index is 13.1. The second-order valence-electron chi connectivity index (χ2n) is 10.0. The highest BCUT2D eigenvalue weighted by Crippen LogP contribution is 2.47. The minimum absolute atomic E-state index is 0.103. The lowest BCUT2D eigenvalue weighted by atomic mass is 10.1. The van der Waals surface area contributed by atoms with Crippen molar-refractivity contribution in [2.75, 3.05) is 49.1 Å². The first-order valence-electron chi connectivity index (χ1n) is 12.6. The number of imide groups is 1. The lowest BCUT2D eigenvalue weighted by Crippen LogP contribution is -2.49. The fourth-order valence-corrected chi connectivity index (χ4v) is 5.11. The summed E-state index contributed by atoms with van der Waals surface area (Å²) in [5.74, 6) is 2.08. The lowest BCUT2D eigenvalue weighted by molar-refractivity contribution is -0.125. The lowest BCUT2D eigenvalue weighted by Gasteiger charge is -2.36. The van der Waals surface area contributed by atoms with Crippen molar-refractivity contribution in [1.29, 1.82) is 0 Å². The van der Waals surface area contributed by atoms with Crippen molar-refractivity contribution in [2.45, 2.75) is 44.4 Å². The largest absolute Gasteiger partial charge is 0.353 e. The highest BCUT2D eigenvalue weighted by molar-refractivity contribution is 6.04. The molecule has 4 aliphatic rings. The average Bonchev–Trinajstić information content (AvgIpc) is 3.81. The maximum absolute atomic E-state index is 13.1. The van der Waals surface area contributed by atoms with E-state index in [2.05, 4.69) is 22.1 Å². The molecule has 0 aromatic carbocycles. The topological polar surface area (TPSA) is 90.0 Å². The van der Waals surface area contributed by atoms with Crippen LogP contribution in [0.5, 0.6) is 0 Å². The van der Waals surface area contributed by atoms with Gasteiger partial charge in [-0.1, -0.05) is 6.07 Å². The third-order valence-corrected chi connectivity index (χ3v) is 7.52. The molecular formula is C26H30N6O3. The molecule has 9 nitrogen and oxygen atoms in total. The molecule has 2 aliphatic carbocycles. The van der Waals surface area contributed by atoms with E-state index in [4.69, 9.17) is 4.98 Å². The normalized spacial score (nSPS) is 20.5. The van der Waals surface area contributed by atoms with E-state index in [1.807, 2.05) is 4.90 Å². The number of piperazine rings is 1. The Bertz CT molecular complexity index is 1170. The van der Waals surface area contributed by atoms with Crippen LogP contribution in [0.1, 0.15) is 66.1 Å². The van der Waals surface area contributed by atoms with Crippen molar-refractivity contribution in [1.82, 2.24) is 19.8 Å². The molecule has 6 rings (SSSR count). The summed E-state index contributed by atoms with van der Waals surface area (Å²) in [5.41, 5.74) is 3.74. The number of hydrogen-bond acceptors (Lipinski definition) is 6. The van der Waals surface area contributed by atoms with E-state index in [0.717, 1.165) is 18.9 Å². The van der Waals surface area contributed by atoms with Crippen LogP contribution in [0.15, 0.2) is 30.6 Å². The minimum atomic E-state index is -0.348. The van der Waals surface area contributed by atoms with Crippen LogP contribution >= 0.6 is 0 Å². The molecule has 0 bridgehead atoms. The second kappa shape index (κ2) is 8.62. The summed E-state index contributed by atoms with van der Waals surface area (Å²) in [7, 11) is 0. The number of amides is 4. The average molecular weight is 475 g/mol. The van der Waals surface area contributed by atoms with Crippen molar-refractivity contribution in [3.8, 4) is 0 Å². The Labute approximate surface area is 204 Å². The van der Waals surface area contributed by atoms with Crippen LogP contribution in [0.4, 0.5) is 16.3 Å². The zero-order chi connectivity index (χ0) is 24.1. The summed E-state index contributed by atoms with van der Waals surface area (Å²) >= 11 is 0. The highest BCUT2D eigenvalue weighted by Gasteiger charge is 2.34. The fourth-order valence-electron chi connectivity index (χ4n) is 5.11. The Morgan fingerprint density at radius 1 is 0.886 bits per heavy atom.